The lowest BCUT2D eigenvalue weighted by atomic mass is 9.97. The Morgan fingerprint density at radius 2 is 2.00 bits per heavy atom. The molecule has 1 aromatic rings. The van der Waals surface area contributed by atoms with E-state index >= 15 is 0 Å². The SMILES string of the molecule is CCCC(C)C(Br)c1ccc(OCCOC)c(Br)c1. The van der Waals surface area contributed by atoms with E-state index in [1.807, 2.05) is 6.07 Å². The van der Waals surface area contributed by atoms with Gasteiger partial charge in [-0.25, -0.2) is 0 Å². The molecule has 2 unspecified atom stereocenters. The largest absolute Gasteiger partial charge is 0.490 e. The molecule has 0 radical (unpaired) electrons. The van der Waals surface area contributed by atoms with Gasteiger partial charge in [0.05, 0.1) is 11.1 Å². The minimum atomic E-state index is 0.386. The molecule has 0 heterocycles. The molecule has 0 aliphatic heterocycles. The van der Waals surface area contributed by atoms with Gasteiger partial charge in [0.25, 0.3) is 0 Å². The summed E-state index contributed by atoms with van der Waals surface area (Å²) in [5.74, 6) is 1.49. The fourth-order valence-electron chi connectivity index (χ4n) is 1.97. The molecular formula is C15H22Br2O2. The summed E-state index contributed by atoms with van der Waals surface area (Å²) in [5.41, 5.74) is 1.28. The maximum absolute atomic E-state index is 5.63. The molecule has 2 atom stereocenters. The summed E-state index contributed by atoms with van der Waals surface area (Å²) in [5, 5.41) is 0. The van der Waals surface area contributed by atoms with Crippen molar-refractivity contribution >= 4 is 31.9 Å². The van der Waals surface area contributed by atoms with Gasteiger partial charge in [-0.2, -0.15) is 0 Å². The van der Waals surface area contributed by atoms with Crippen molar-refractivity contribution in [2.24, 2.45) is 5.92 Å². The highest BCUT2D eigenvalue weighted by molar-refractivity contribution is 9.10. The third-order valence-electron chi connectivity index (χ3n) is 3.06. The maximum Gasteiger partial charge on any atom is 0.133 e. The van der Waals surface area contributed by atoms with E-state index in [0.29, 0.717) is 24.0 Å². The van der Waals surface area contributed by atoms with Crippen molar-refractivity contribution in [3.05, 3.63) is 28.2 Å². The molecule has 0 saturated carbocycles. The molecule has 0 saturated heterocycles. The molecule has 19 heavy (non-hydrogen) atoms. The molecule has 1 aromatic carbocycles. The minimum absolute atomic E-state index is 0.386. The third-order valence-corrected chi connectivity index (χ3v) is 5.11. The van der Waals surface area contributed by atoms with E-state index in [4.69, 9.17) is 9.47 Å². The van der Waals surface area contributed by atoms with E-state index in [0.717, 1.165) is 10.2 Å². The van der Waals surface area contributed by atoms with Crippen LogP contribution in [0.2, 0.25) is 0 Å². The Morgan fingerprint density at radius 1 is 1.26 bits per heavy atom. The van der Waals surface area contributed by atoms with Crippen LogP contribution in [0.3, 0.4) is 0 Å². The molecule has 0 N–H and O–H groups in total. The van der Waals surface area contributed by atoms with Gasteiger partial charge in [-0.3, -0.25) is 0 Å². The molecule has 0 spiro atoms. The van der Waals surface area contributed by atoms with Gasteiger partial charge in [0.15, 0.2) is 0 Å². The summed E-state index contributed by atoms with van der Waals surface area (Å²) < 4.78 is 11.6. The van der Waals surface area contributed by atoms with Gasteiger partial charge in [0, 0.05) is 11.9 Å². The van der Waals surface area contributed by atoms with Crippen LogP contribution in [0.1, 0.15) is 37.1 Å². The highest BCUT2D eigenvalue weighted by Crippen LogP contribution is 2.37. The monoisotopic (exact) mass is 392 g/mol. The van der Waals surface area contributed by atoms with Crippen molar-refractivity contribution in [3.63, 3.8) is 0 Å². The smallest absolute Gasteiger partial charge is 0.133 e. The number of hydrogen-bond acceptors (Lipinski definition) is 2. The number of hydrogen-bond donors (Lipinski definition) is 0. The molecule has 0 aliphatic carbocycles. The quantitative estimate of drug-likeness (QED) is 0.438. The van der Waals surface area contributed by atoms with E-state index in [1.165, 1.54) is 18.4 Å². The fourth-order valence-corrected chi connectivity index (χ4v) is 3.03. The second kappa shape index (κ2) is 8.98. The molecule has 4 heteroatoms. The van der Waals surface area contributed by atoms with Crippen molar-refractivity contribution in [1.82, 2.24) is 0 Å². The Morgan fingerprint density at radius 3 is 2.58 bits per heavy atom. The standard InChI is InChI=1S/C15H22Br2O2/c1-4-5-11(2)15(17)12-6-7-14(13(16)10-12)19-9-8-18-3/h6-7,10-11,15H,4-5,8-9H2,1-3H3. The second-order valence-corrected chi connectivity index (χ2v) is 6.54. The molecule has 0 aromatic heterocycles. The fraction of sp³-hybridized carbons (Fsp3) is 0.600. The Kier molecular flexibility index (Phi) is 8.03. The van der Waals surface area contributed by atoms with Crippen molar-refractivity contribution < 1.29 is 9.47 Å². The number of rotatable bonds is 8. The van der Waals surface area contributed by atoms with E-state index in [2.05, 4.69) is 57.8 Å². The van der Waals surface area contributed by atoms with Crippen LogP contribution in [0.25, 0.3) is 0 Å². The van der Waals surface area contributed by atoms with Crippen molar-refractivity contribution in [2.75, 3.05) is 20.3 Å². The lowest BCUT2D eigenvalue weighted by Crippen LogP contribution is -2.06. The normalized spacial score (nSPS) is 14.2. The van der Waals surface area contributed by atoms with Gasteiger partial charge < -0.3 is 9.47 Å². The predicted molar refractivity (Wildman–Crippen MR) is 87.3 cm³/mol. The zero-order chi connectivity index (χ0) is 14.3. The summed E-state index contributed by atoms with van der Waals surface area (Å²) in [6, 6.07) is 6.27. The average Bonchev–Trinajstić information content (AvgIpc) is 2.40. The minimum Gasteiger partial charge on any atom is -0.490 e. The first-order chi connectivity index (χ1) is 9.10. The molecule has 108 valence electrons. The predicted octanol–water partition coefficient (Wildman–Crippen LogP) is 5.35. The first kappa shape index (κ1) is 17.0. The lowest BCUT2D eigenvalue weighted by Gasteiger charge is -2.19. The Bertz CT molecular complexity index is 382. The van der Waals surface area contributed by atoms with Crippen LogP contribution in [-0.2, 0) is 4.74 Å². The van der Waals surface area contributed by atoms with E-state index < -0.39 is 0 Å². The Balaban J connectivity index is 2.70. The van der Waals surface area contributed by atoms with Crippen LogP contribution < -0.4 is 4.74 Å². The highest BCUT2D eigenvalue weighted by Gasteiger charge is 2.16. The van der Waals surface area contributed by atoms with Gasteiger partial charge in [-0.05, 0) is 46.0 Å². The summed E-state index contributed by atoms with van der Waals surface area (Å²) in [4.78, 5) is 0.386. The van der Waals surface area contributed by atoms with Crippen LogP contribution in [-0.4, -0.2) is 20.3 Å². The molecular weight excluding hydrogens is 372 g/mol. The molecule has 0 aliphatic rings. The summed E-state index contributed by atoms with van der Waals surface area (Å²) in [6.07, 6.45) is 2.43. The van der Waals surface area contributed by atoms with Crippen LogP contribution in [0.5, 0.6) is 5.75 Å². The first-order valence-corrected chi connectivity index (χ1v) is 8.36. The highest BCUT2D eigenvalue weighted by atomic mass is 79.9. The van der Waals surface area contributed by atoms with Gasteiger partial charge in [0.1, 0.15) is 12.4 Å². The maximum atomic E-state index is 5.63. The van der Waals surface area contributed by atoms with Gasteiger partial charge >= 0.3 is 0 Å². The number of benzene rings is 1. The number of methoxy groups -OCH3 is 1. The number of ether oxygens (including phenoxy) is 2. The topological polar surface area (TPSA) is 18.5 Å². The number of alkyl halides is 1. The van der Waals surface area contributed by atoms with Crippen LogP contribution in [0.15, 0.2) is 22.7 Å². The van der Waals surface area contributed by atoms with Gasteiger partial charge in [-0.15, -0.1) is 0 Å². The van der Waals surface area contributed by atoms with Crippen molar-refractivity contribution in [2.45, 2.75) is 31.5 Å². The van der Waals surface area contributed by atoms with Gasteiger partial charge in [-0.1, -0.05) is 42.3 Å². The first-order valence-electron chi connectivity index (χ1n) is 6.65. The van der Waals surface area contributed by atoms with E-state index in [9.17, 15) is 0 Å². The summed E-state index contributed by atoms with van der Waals surface area (Å²) in [6.45, 7) is 5.67. The van der Waals surface area contributed by atoms with Crippen LogP contribution >= 0.6 is 31.9 Å². The average molecular weight is 394 g/mol. The molecule has 0 bridgehead atoms. The van der Waals surface area contributed by atoms with Crippen LogP contribution in [0, 0.1) is 5.92 Å². The van der Waals surface area contributed by atoms with Crippen LogP contribution in [0.4, 0.5) is 0 Å². The Labute approximate surface area is 133 Å². The molecule has 1 rings (SSSR count). The summed E-state index contributed by atoms with van der Waals surface area (Å²) >= 11 is 7.36. The third kappa shape index (κ3) is 5.44. The zero-order valence-corrected chi connectivity index (χ0v) is 15.0. The van der Waals surface area contributed by atoms with Gasteiger partial charge in [0.2, 0.25) is 0 Å². The lowest BCUT2D eigenvalue weighted by molar-refractivity contribution is 0.146. The van der Waals surface area contributed by atoms with Crippen molar-refractivity contribution in [3.8, 4) is 5.75 Å². The van der Waals surface area contributed by atoms with Crippen molar-refractivity contribution in [1.29, 1.82) is 0 Å². The second-order valence-electron chi connectivity index (χ2n) is 4.70. The molecule has 0 fully saturated rings. The molecule has 2 nitrogen and oxygen atoms in total. The zero-order valence-electron chi connectivity index (χ0n) is 11.8. The van der Waals surface area contributed by atoms with E-state index in [1.54, 1.807) is 7.11 Å². The number of halogens is 2. The Hall–Kier alpha value is -0.0600. The molecule has 0 amide bonds. The van der Waals surface area contributed by atoms with E-state index in [-0.39, 0.29) is 0 Å². The summed E-state index contributed by atoms with van der Waals surface area (Å²) in [7, 11) is 1.67.